The van der Waals surface area contributed by atoms with Crippen molar-refractivity contribution in [2.45, 2.75) is 25.8 Å². The molecule has 1 fully saturated rings. The molecule has 4 rings (SSSR count). The van der Waals surface area contributed by atoms with Crippen LogP contribution in [0.3, 0.4) is 0 Å². The first-order valence-electron chi connectivity index (χ1n) is 10.9. The van der Waals surface area contributed by atoms with Crippen LogP contribution in [0.15, 0.2) is 67.0 Å². The van der Waals surface area contributed by atoms with Crippen molar-refractivity contribution in [1.82, 2.24) is 19.4 Å². The fraction of sp³-hybridized carbons (Fsp3) is 0.400. The number of aromatic nitrogens is 2. The van der Waals surface area contributed by atoms with Crippen molar-refractivity contribution in [3.63, 3.8) is 0 Å². The van der Waals surface area contributed by atoms with Crippen molar-refractivity contribution in [1.29, 1.82) is 0 Å². The average molecular weight is 407 g/mol. The molecule has 0 aliphatic carbocycles. The molecule has 1 saturated heterocycles. The summed E-state index contributed by atoms with van der Waals surface area (Å²) < 4.78 is 15.3. The third kappa shape index (κ3) is 5.55. The van der Waals surface area contributed by atoms with Gasteiger partial charge in [0.2, 0.25) is 0 Å². The summed E-state index contributed by atoms with van der Waals surface area (Å²) in [5, 5.41) is 0. The number of pyridine rings is 1. The molecule has 30 heavy (non-hydrogen) atoms. The maximum atomic E-state index is 13.1. The number of piperidine rings is 1. The SMILES string of the molecule is CN(Cc1cccn1-c1ccccn1)CC1CCCN(CCc2ccc(F)cc2)C1. The second kappa shape index (κ2) is 10.0. The lowest BCUT2D eigenvalue weighted by molar-refractivity contribution is 0.141. The zero-order valence-electron chi connectivity index (χ0n) is 17.8. The van der Waals surface area contributed by atoms with E-state index < -0.39 is 0 Å². The van der Waals surface area contributed by atoms with Gasteiger partial charge >= 0.3 is 0 Å². The lowest BCUT2D eigenvalue weighted by atomic mass is 9.97. The summed E-state index contributed by atoms with van der Waals surface area (Å²) in [5.74, 6) is 1.50. The molecular weight excluding hydrogens is 375 g/mol. The number of nitrogens with zero attached hydrogens (tertiary/aromatic N) is 4. The predicted octanol–water partition coefficient (Wildman–Crippen LogP) is 4.40. The van der Waals surface area contributed by atoms with Gasteiger partial charge in [-0.2, -0.15) is 0 Å². The second-order valence-electron chi connectivity index (χ2n) is 8.44. The van der Waals surface area contributed by atoms with Crippen LogP contribution in [-0.2, 0) is 13.0 Å². The van der Waals surface area contributed by atoms with E-state index in [-0.39, 0.29) is 5.82 Å². The van der Waals surface area contributed by atoms with Crippen LogP contribution in [0.4, 0.5) is 4.39 Å². The van der Waals surface area contributed by atoms with Crippen molar-refractivity contribution in [2.75, 3.05) is 33.2 Å². The normalized spacial score (nSPS) is 17.5. The fourth-order valence-electron chi connectivity index (χ4n) is 4.49. The van der Waals surface area contributed by atoms with E-state index in [0.717, 1.165) is 38.4 Å². The molecule has 0 radical (unpaired) electrons. The predicted molar refractivity (Wildman–Crippen MR) is 119 cm³/mol. The average Bonchev–Trinajstić information content (AvgIpc) is 3.22. The summed E-state index contributed by atoms with van der Waals surface area (Å²) in [6.45, 7) is 5.38. The highest BCUT2D eigenvalue weighted by atomic mass is 19.1. The van der Waals surface area contributed by atoms with Gasteiger partial charge in [0.1, 0.15) is 11.6 Å². The molecule has 3 heterocycles. The molecule has 4 nitrogen and oxygen atoms in total. The summed E-state index contributed by atoms with van der Waals surface area (Å²) in [6.07, 6.45) is 7.46. The summed E-state index contributed by atoms with van der Waals surface area (Å²) in [7, 11) is 2.22. The third-order valence-corrected chi connectivity index (χ3v) is 5.96. The molecule has 3 aromatic rings. The maximum Gasteiger partial charge on any atom is 0.136 e. The largest absolute Gasteiger partial charge is 0.304 e. The van der Waals surface area contributed by atoms with Crippen LogP contribution in [0.1, 0.15) is 24.1 Å². The molecule has 0 spiro atoms. The Morgan fingerprint density at radius 1 is 1.10 bits per heavy atom. The van der Waals surface area contributed by atoms with Gasteiger partial charge in [0.05, 0.1) is 0 Å². The Morgan fingerprint density at radius 2 is 1.97 bits per heavy atom. The smallest absolute Gasteiger partial charge is 0.136 e. The lowest BCUT2D eigenvalue weighted by Crippen LogP contribution is -2.40. The quantitative estimate of drug-likeness (QED) is 0.554. The van der Waals surface area contributed by atoms with E-state index in [0.29, 0.717) is 5.92 Å². The minimum atomic E-state index is -0.158. The molecule has 1 aliphatic rings. The van der Waals surface area contributed by atoms with Gasteiger partial charge in [-0.1, -0.05) is 18.2 Å². The topological polar surface area (TPSA) is 24.3 Å². The minimum absolute atomic E-state index is 0.158. The fourth-order valence-corrected chi connectivity index (χ4v) is 4.49. The number of hydrogen-bond donors (Lipinski definition) is 0. The highest BCUT2D eigenvalue weighted by Crippen LogP contribution is 2.19. The molecule has 2 aromatic heterocycles. The lowest BCUT2D eigenvalue weighted by Gasteiger charge is -2.34. The van der Waals surface area contributed by atoms with Crippen LogP contribution >= 0.6 is 0 Å². The number of hydrogen-bond acceptors (Lipinski definition) is 3. The molecule has 1 unspecified atom stereocenters. The van der Waals surface area contributed by atoms with Gasteiger partial charge in [-0.05, 0) is 80.7 Å². The number of halogens is 1. The van der Waals surface area contributed by atoms with E-state index in [1.54, 1.807) is 12.1 Å². The summed E-state index contributed by atoms with van der Waals surface area (Å²) >= 11 is 0. The minimum Gasteiger partial charge on any atom is -0.304 e. The Bertz CT molecular complexity index is 906. The van der Waals surface area contributed by atoms with Gasteiger partial charge in [-0.25, -0.2) is 9.37 Å². The first-order valence-corrected chi connectivity index (χ1v) is 10.9. The van der Waals surface area contributed by atoms with Crippen LogP contribution in [-0.4, -0.2) is 52.6 Å². The Morgan fingerprint density at radius 3 is 2.77 bits per heavy atom. The van der Waals surface area contributed by atoms with Crippen LogP contribution < -0.4 is 0 Å². The molecule has 0 saturated carbocycles. The van der Waals surface area contributed by atoms with E-state index in [9.17, 15) is 4.39 Å². The Balaban J connectivity index is 1.28. The molecule has 0 bridgehead atoms. The van der Waals surface area contributed by atoms with E-state index in [1.807, 2.05) is 36.5 Å². The van der Waals surface area contributed by atoms with Gasteiger partial charge < -0.3 is 14.4 Å². The van der Waals surface area contributed by atoms with Crippen molar-refractivity contribution in [3.8, 4) is 5.82 Å². The number of benzene rings is 1. The number of rotatable bonds is 8. The Hall–Kier alpha value is -2.50. The second-order valence-corrected chi connectivity index (χ2v) is 8.44. The molecule has 1 atom stereocenters. The van der Waals surface area contributed by atoms with Gasteiger partial charge in [0, 0.05) is 44.3 Å². The third-order valence-electron chi connectivity index (χ3n) is 5.96. The Labute approximate surface area is 179 Å². The highest BCUT2D eigenvalue weighted by molar-refractivity contribution is 5.27. The van der Waals surface area contributed by atoms with Gasteiger partial charge in [0.25, 0.3) is 0 Å². The standard InChI is InChI=1S/C25H31FN4/c1-28(20-24-7-5-16-30(24)25-8-2-3-14-27-25)18-22-6-4-15-29(19-22)17-13-21-9-11-23(26)12-10-21/h2-3,5,7-12,14,16,22H,4,6,13,15,17-20H2,1H3. The molecule has 1 aromatic carbocycles. The van der Waals surface area contributed by atoms with E-state index in [2.05, 4.69) is 44.7 Å². The summed E-state index contributed by atoms with van der Waals surface area (Å²) in [6, 6.07) is 17.2. The molecule has 158 valence electrons. The zero-order chi connectivity index (χ0) is 20.8. The van der Waals surface area contributed by atoms with E-state index in [4.69, 9.17) is 0 Å². The maximum absolute atomic E-state index is 13.1. The monoisotopic (exact) mass is 406 g/mol. The highest BCUT2D eigenvalue weighted by Gasteiger charge is 2.21. The first kappa shape index (κ1) is 20.8. The van der Waals surface area contributed by atoms with Crippen LogP contribution in [0.25, 0.3) is 5.82 Å². The molecule has 5 heteroatoms. The summed E-state index contributed by atoms with van der Waals surface area (Å²) in [4.78, 5) is 9.49. The van der Waals surface area contributed by atoms with Crippen molar-refractivity contribution >= 4 is 0 Å². The van der Waals surface area contributed by atoms with Crippen LogP contribution in [0.2, 0.25) is 0 Å². The Kier molecular flexibility index (Phi) is 6.92. The molecular formula is C25H31FN4. The zero-order valence-corrected chi connectivity index (χ0v) is 17.8. The summed E-state index contributed by atoms with van der Waals surface area (Å²) in [5.41, 5.74) is 2.48. The van der Waals surface area contributed by atoms with Crippen LogP contribution in [0.5, 0.6) is 0 Å². The molecule has 1 aliphatic heterocycles. The molecule has 0 amide bonds. The van der Waals surface area contributed by atoms with Gasteiger partial charge in [-0.3, -0.25) is 0 Å². The van der Waals surface area contributed by atoms with Crippen molar-refractivity contribution in [3.05, 3.63) is 84.1 Å². The molecule has 0 N–H and O–H groups in total. The number of likely N-dealkylation sites (tertiary alicyclic amines) is 1. The van der Waals surface area contributed by atoms with Gasteiger partial charge in [0.15, 0.2) is 0 Å². The van der Waals surface area contributed by atoms with E-state index in [1.165, 1.54) is 30.6 Å². The first-order chi connectivity index (χ1) is 14.7. The van der Waals surface area contributed by atoms with Crippen molar-refractivity contribution in [2.24, 2.45) is 5.92 Å². The van der Waals surface area contributed by atoms with E-state index >= 15 is 0 Å². The van der Waals surface area contributed by atoms with Gasteiger partial charge in [-0.15, -0.1) is 0 Å². The van der Waals surface area contributed by atoms with Crippen molar-refractivity contribution < 1.29 is 4.39 Å². The van der Waals surface area contributed by atoms with Crippen LogP contribution in [0, 0.1) is 11.7 Å².